The van der Waals surface area contributed by atoms with Crippen LogP contribution in [-0.4, -0.2) is 14.5 Å². The fraction of sp³-hybridized carbons (Fsp3) is 0.182. The van der Waals surface area contributed by atoms with E-state index >= 15 is 0 Å². The molecule has 2 aromatic rings. The first-order valence-corrected chi connectivity index (χ1v) is 5.58. The third-order valence-electron chi connectivity index (χ3n) is 2.51. The lowest BCUT2D eigenvalue weighted by Crippen LogP contribution is -2.04. The summed E-state index contributed by atoms with van der Waals surface area (Å²) in [6, 6.07) is 2.05. The number of aromatic nitrogens is 2. The van der Waals surface area contributed by atoms with Gasteiger partial charge in [-0.05, 0) is 6.07 Å². The molecule has 0 radical (unpaired) electrons. The molecule has 5 nitrogen and oxygen atoms in total. The van der Waals surface area contributed by atoms with E-state index < -0.39 is 10.7 Å². The molecule has 0 aliphatic rings. The number of aryl methyl sites for hydroxylation is 1. The van der Waals surface area contributed by atoms with Crippen LogP contribution in [0.5, 0.6) is 0 Å². The zero-order chi connectivity index (χ0) is 13.3. The normalized spacial score (nSPS) is 10.6. The van der Waals surface area contributed by atoms with Crippen molar-refractivity contribution < 1.29 is 9.31 Å². The number of hydrogen-bond acceptors (Lipinski definition) is 3. The van der Waals surface area contributed by atoms with Crippen LogP contribution in [0.4, 0.5) is 10.1 Å². The Kier molecular flexibility index (Phi) is 3.29. The molecule has 18 heavy (non-hydrogen) atoms. The first-order chi connectivity index (χ1) is 8.54. The Morgan fingerprint density at radius 3 is 2.89 bits per heavy atom. The maximum absolute atomic E-state index is 13.3. The zero-order valence-electron chi connectivity index (χ0n) is 9.43. The Hall–Kier alpha value is -1.95. The predicted molar refractivity (Wildman–Crippen MR) is 64.6 cm³/mol. The minimum absolute atomic E-state index is 0.161. The first-order valence-electron chi connectivity index (χ1n) is 5.20. The SMILES string of the molecule is CCc1nccn1-c1cc(Cl)c(F)cc1[N+](=O)[O-]. The van der Waals surface area contributed by atoms with Gasteiger partial charge in [0.1, 0.15) is 17.3 Å². The van der Waals surface area contributed by atoms with E-state index in [0.717, 1.165) is 6.07 Å². The van der Waals surface area contributed by atoms with Crippen LogP contribution in [0.1, 0.15) is 12.7 Å². The second-order valence-electron chi connectivity index (χ2n) is 3.58. The van der Waals surface area contributed by atoms with Gasteiger partial charge in [0.15, 0.2) is 0 Å². The summed E-state index contributed by atoms with van der Waals surface area (Å²) in [5, 5.41) is 10.8. The third kappa shape index (κ3) is 2.06. The number of imidazole rings is 1. The number of nitrogens with zero attached hydrogens (tertiary/aromatic N) is 3. The van der Waals surface area contributed by atoms with Crippen molar-refractivity contribution in [2.45, 2.75) is 13.3 Å². The molecule has 1 aromatic carbocycles. The van der Waals surface area contributed by atoms with Gasteiger partial charge in [0.05, 0.1) is 16.0 Å². The molecule has 0 fully saturated rings. The molecule has 7 heteroatoms. The molecular formula is C11H9ClFN3O2. The molecule has 1 aromatic heterocycles. The number of nitro groups is 1. The van der Waals surface area contributed by atoms with Crippen LogP contribution in [0, 0.1) is 15.9 Å². The van der Waals surface area contributed by atoms with E-state index in [4.69, 9.17) is 11.6 Å². The van der Waals surface area contributed by atoms with E-state index in [2.05, 4.69) is 4.98 Å². The lowest BCUT2D eigenvalue weighted by Gasteiger charge is -2.08. The van der Waals surface area contributed by atoms with E-state index in [1.165, 1.54) is 16.8 Å². The average molecular weight is 270 g/mol. The smallest absolute Gasteiger partial charge is 0.296 e. The molecule has 94 valence electrons. The Morgan fingerprint density at radius 2 is 2.28 bits per heavy atom. The summed E-state index contributed by atoms with van der Waals surface area (Å²) in [6.07, 6.45) is 3.70. The Labute approximate surface area is 107 Å². The lowest BCUT2D eigenvalue weighted by atomic mass is 10.2. The molecular weight excluding hydrogens is 261 g/mol. The van der Waals surface area contributed by atoms with Gasteiger partial charge in [0.2, 0.25) is 0 Å². The highest BCUT2D eigenvalue weighted by molar-refractivity contribution is 6.31. The van der Waals surface area contributed by atoms with Crippen molar-refractivity contribution in [2.24, 2.45) is 0 Å². The Balaban J connectivity index is 2.70. The number of nitro benzene ring substituents is 1. The standard InChI is InChI=1S/C11H9ClFN3O2/c1-2-11-14-3-4-15(11)9-5-7(12)8(13)6-10(9)16(17)18/h3-6H,2H2,1H3. The molecule has 0 bridgehead atoms. The topological polar surface area (TPSA) is 61.0 Å². The maximum atomic E-state index is 13.3. The van der Waals surface area contributed by atoms with Gasteiger partial charge in [0.25, 0.3) is 5.69 Å². The van der Waals surface area contributed by atoms with Crippen LogP contribution < -0.4 is 0 Å². The number of benzene rings is 1. The summed E-state index contributed by atoms with van der Waals surface area (Å²) in [7, 11) is 0. The Morgan fingerprint density at radius 1 is 1.56 bits per heavy atom. The van der Waals surface area contributed by atoms with Crippen molar-refractivity contribution in [1.29, 1.82) is 0 Å². The predicted octanol–water partition coefficient (Wildman–Crippen LogP) is 3.14. The van der Waals surface area contributed by atoms with Gasteiger partial charge in [-0.15, -0.1) is 0 Å². The molecule has 2 rings (SSSR count). The summed E-state index contributed by atoms with van der Waals surface area (Å²) in [5.41, 5.74) is -0.134. The molecule has 0 amide bonds. The first kappa shape index (κ1) is 12.5. The number of rotatable bonds is 3. The van der Waals surface area contributed by atoms with Crippen molar-refractivity contribution in [3.63, 3.8) is 0 Å². The summed E-state index contributed by atoms with van der Waals surface area (Å²) < 4.78 is 14.8. The molecule has 0 unspecified atom stereocenters. The van der Waals surface area contributed by atoms with Crippen molar-refractivity contribution >= 4 is 17.3 Å². The van der Waals surface area contributed by atoms with E-state index in [-0.39, 0.29) is 16.4 Å². The molecule has 0 N–H and O–H groups in total. The van der Waals surface area contributed by atoms with Gasteiger partial charge in [-0.3, -0.25) is 14.7 Å². The highest BCUT2D eigenvalue weighted by atomic mass is 35.5. The minimum Gasteiger partial charge on any atom is -0.298 e. The van der Waals surface area contributed by atoms with Crippen molar-refractivity contribution in [3.05, 3.63) is 51.3 Å². The molecule has 0 atom stereocenters. The van der Waals surface area contributed by atoms with Crippen LogP contribution >= 0.6 is 11.6 Å². The Bertz CT molecular complexity index is 612. The quantitative estimate of drug-likeness (QED) is 0.635. The van der Waals surface area contributed by atoms with Gasteiger partial charge in [0, 0.05) is 18.8 Å². The van der Waals surface area contributed by atoms with Gasteiger partial charge in [-0.1, -0.05) is 18.5 Å². The van der Waals surface area contributed by atoms with Gasteiger partial charge in [-0.25, -0.2) is 9.37 Å². The van der Waals surface area contributed by atoms with Crippen LogP contribution in [0.25, 0.3) is 5.69 Å². The van der Waals surface area contributed by atoms with Crippen molar-refractivity contribution in [1.82, 2.24) is 9.55 Å². The average Bonchev–Trinajstić information content (AvgIpc) is 2.79. The van der Waals surface area contributed by atoms with Crippen LogP contribution in [0.3, 0.4) is 0 Å². The summed E-state index contributed by atoms with van der Waals surface area (Å²) in [5.74, 6) is -0.175. The second-order valence-corrected chi connectivity index (χ2v) is 3.99. The van der Waals surface area contributed by atoms with E-state index in [1.807, 2.05) is 6.92 Å². The molecule has 0 saturated carbocycles. The van der Waals surface area contributed by atoms with Gasteiger partial charge in [-0.2, -0.15) is 0 Å². The van der Waals surface area contributed by atoms with Gasteiger partial charge >= 0.3 is 0 Å². The molecule has 0 aliphatic heterocycles. The van der Waals surface area contributed by atoms with Crippen LogP contribution in [-0.2, 0) is 6.42 Å². The monoisotopic (exact) mass is 269 g/mol. The highest BCUT2D eigenvalue weighted by Gasteiger charge is 2.20. The van der Waals surface area contributed by atoms with Crippen LogP contribution in [0.2, 0.25) is 5.02 Å². The van der Waals surface area contributed by atoms with Crippen LogP contribution in [0.15, 0.2) is 24.5 Å². The molecule has 1 heterocycles. The zero-order valence-corrected chi connectivity index (χ0v) is 10.2. The molecule has 0 aliphatic carbocycles. The largest absolute Gasteiger partial charge is 0.298 e. The second kappa shape index (κ2) is 4.73. The fourth-order valence-electron chi connectivity index (χ4n) is 1.68. The summed E-state index contributed by atoms with van der Waals surface area (Å²) >= 11 is 5.67. The van der Waals surface area contributed by atoms with Crippen molar-refractivity contribution in [2.75, 3.05) is 0 Å². The number of hydrogen-bond donors (Lipinski definition) is 0. The van der Waals surface area contributed by atoms with Gasteiger partial charge < -0.3 is 0 Å². The van der Waals surface area contributed by atoms with E-state index in [9.17, 15) is 14.5 Å². The molecule has 0 spiro atoms. The fourth-order valence-corrected chi connectivity index (χ4v) is 1.84. The van der Waals surface area contributed by atoms with Crippen molar-refractivity contribution in [3.8, 4) is 5.69 Å². The minimum atomic E-state index is -0.815. The molecule has 0 saturated heterocycles. The summed E-state index contributed by atoms with van der Waals surface area (Å²) in [4.78, 5) is 14.4. The third-order valence-corrected chi connectivity index (χ3v) is 2.80. The number of halogens is 2. The maximum Gasteiger partial charge on any atom is 0.296 e. The highest BCUT2D eigenvalue weighted by Crippen LogP contribution is 2.29. The van der Waals surface area contributed by atoms with E-state index in [1.54, 1.807) is 6.20 Å². The lowest BCUT2D eigenvalue weighted by molar-refractivity contribution is -0.384. The summed E-state index contributed by atoms with van der Waals surface area (Å²) in [6.45, 7) is 1.87. The van der Waals surface area contributed by atoms with E-state index in [0.29, 0.717) is 12.2 Å².